The SMILES string of the molecule is CC12N=CC=CC1=CCCC2N. The van der Waals surface area contributed by atoms with Crippen LogP contribution in [-0.2, 0) is 0 Å². The van der Waals surface area contributed by atoms with Gasteiger partial charge in [-0.1, -0.05) is 12.2 Å². The van der Waals surface area contributed by atoms with Crippen molar-refractivity contribution in [3.05, 3.63) is 23.8 Å². The van der Waals surface area contributed by atoms with Crippen LogP contribution in [0.2, 0.25) is 0 Å². The van der Waals surface area contributed by atoms with E-state index in [0.29, 0.717) is 0 Å². The normalized spacial score (nSPS) is 39.2. The predicted molar refractivity (Wildman–Crippen MR) is 51.3 cm³/mol. The Morgan fingerprint density at radius 2 is 2.50 bits per heavy atom. The van der Waals surface area contributed by atoms with E-state index in [9.17, 15) is 0 Å². The summed E-state index contributed by atoms with van der Waals surface area (Å²) in [6.07, 6.45) is 10.3. The summed E-state index contributed by atoms with van der Waals surface area (Å²) in [5.74, 6) is 0. The molecule has 0 aromatic rings. The first-order chi connectivity index (χ1) is 5.73. The largest absolute Gasteiger partial charge is 0.325 e. The van der Waals surface area contributed by atoms with E-state index >= 15 is 0 Å². The van der Waals surface area contributed by atoms with Gasteiger partial charge in [0.1, 0.15) is 0 Å². The van der Waals surface area contributed by atoms with E-state index in [4.69, 9.17) is 5.73 Å². The summed E-state index contributed by atoms with van der Waals surface area (Å²) in [7, 11) is 0. The fraction of sp³-hybridized carbons (Fsp3) is 0.500. The third kappa shape index (κ3) is 0.950. The van der Waals surface area contributed by atoms with Gasteiger partial charge in [0, 0.05) is 12.3 Å². The minimum atomic E-state index is -0.146. The first-order valence-corrected chi connectivity index (χ1v) is 4.41. The number of hydrogen-bond donors (Lipinski definition) is 1. The Morgan fingerprint density at radius 1 is 1.67 bits per heavy atom. The second-order valence-corrected chi connectivity index (χ2v) is 3.63. The molecule has 0 aromatic carbocycles. The number of nitrogens with zero attached hydrogens (tertiary/aromatic N) is 1. The first-order valence-electron chi connectivity index (χ1n) is 4.41. The number of rotatable bonds is 0. The van der Waals surface area contributed by atoms with Crippen molar-refractivity contribution in [2.24, 2.45) is 10.7 Å². The monoisotopic (exact) mass is 162 g/mol. The molecule has 0 aromatic heterocycles. The molecule has 0 radical (unpaired) electrons. The van der Waals surface area contributed by atoms with Gasteiger partial charge in [0.2, 0.25) is 0 Å². The summed E-state index contributed by atoms with van der Waals surface area (Å²) in [5.41, 5.74) is 7.17. The van der Waals surface area contributed by atoms with Gasteiger partial charge in [-0.15, -0.1) is 0 Å². The number of allylic oxidation sites excluding steroid dienone is 2. The molecule has 1 aliphatic heterocycles. The van der Waals surface area contributed by atoms with Crippen molar-refractivity contribution in [3.8, 4) is 0 Å². The molecule has 2 heteroatoms. The molecule has 0 amide bonds. The highest BCUT2D eigenvalue weighted by atomic mass is 14.9. The molecule has 2 atom stereocenters. The van der Waals surface area contributed by atoms with Gasteiger partial charge in [0.05, 0.1) is 5.54 Å². The van der Waals surface area contributed by atoms with Gasteiger partial charge >= 0.3 is 0 Å². The second-order valence-electron chi connectivity index (χ2n) is 3.63. The van der Waals surface area contributed by atoms with E-state index in [1.54, 1.807) is 0 Å². The average molecular weight is 162 g/mol. The maximum atomic E-state index is 6.04. The zero-order valence-electron chi connectivity index (χ0n) is 7.33. The maximum absolute atomic E-state index is 6.04. The summed E-state index contributed by atoms with van der Waals surface area (Å²) < 4.78 is 0. The Kier molecular flexibility index (Phi) is 1.65. The first kappa shape index (κ1) is 7.74. The molecule has 64 valence electrons. The molecule has 0 spiro atoms. The molecule has 1 aliphatic carbocycles. The van der Waals surface area contributed by atoms with Gasteiger partial charge in [-0.3, -0.25) is 4.99 Å². The summed E-state index contributed by atoms with van der Waals surface area (Å²) in [6.45, 7) is 2.11. The van der Waals surface area contributed by atoms with Crippen LogP contribution < -0.4 is 5.73 Å². The molecule has 1 heterocycles. The van der Waals surface area contributed by atoms with Crippen molar-refractivity contribution in [2.75, 3.05) is 0 Å². The number of fused-ring (bicyclic) bond motifs is 1. The summed E-state index contributed by atoms with van der Waals surface area (Å²) >= 11 is 0. The summed E-state index contributed by atoms with van der Waals surface area (Å²) in [6, 6.07) is 0.179. The van der Waals surface area contributed by atoms with Crippen LogP contribution in [0.1, 0.15) is 19.8 Å². The van der Waals surface area contributed by atoms with Crippen LogP contribution in [0.3, 0.4) is 0 Å². The Labute approximate surface area is 72.9 Å². The lowest BCUT2D eigenvalue weighted by atomic mass is 9.77. The van der Waals surface area contributed by atoms with Crippen molar-refractivity contribution in [1.29, 1.82) is 0 Å². The van der Waals surface area contributed by atoms with Crippen LogP contribution in [0.5, 0.6) is 0 Å². The van der Waals surface area contributed by atoms with Crippen molar-refractivity contribution < 1.29 is 0 Å². The van der Waals surface area contributed by atoms with Crippen molar-refractivity contribution in [3.63, 3.8) is 0 Å². The average Bonchev–Trinajstić information content (AvgIpc) is 2.07. The molecule has 2 aliphatic rings. The van der Waals surface area contributed by atoms with Crippen LogP contribution >= 0.6 is 0 Å². The molecular formula is C10H14N2. The fourth-order valence-electron chi connectivity index (χ4n) is 1.87. The number of aliphatic imine (C=N–C) groups is 1. The van der Waals surface area contributed by atoms with Gasteiger partial charge in [-0.05, 0) is 31.4 Å². The quantitative estimate of drug-likeness (QED) is 0.575. The Bertz CT molecular complexity index is 276. The summed E-state index contributed by atoms with van der Waals surface area (Å²) in [5, 5.41) is 0. The third-order valence-electron chi connectivity index (χ3n) is 2.85. The molecule has 2 nitrogen and oxygen atoms in total. The van der Waals surface area contributed by atoms with E-state index in [2.05, 4.69) is 24.1 Å². The van der Waals surface area contributed by atoms with Crippen LogP contribution in [0.15, 0.2) is 28.8 Å². The number of nitrogens with two attached hydrogens (primary N) is 1. The topological polar surface area (TPSA) is 38.4 Å². The van der Waals surface area contributed by atoms with Crippen molar-refractivity contribution >= 4 is 6.21 Å². The Hall–Kier alpha value is -0.890. The van der Waals surface area contributed by atoms with Gasteiger partial charge in [-0.2, -0.15) is 0 Å². The summed E-state index contributed by atoms with van der Waals surface area (Å²) in [4.78, 5) is 4.46. The highest BCUT2D eigenvalue weighted by Gasteiger charge is 2.36. The van der Waals surface area contributed by atoms with Crippen molar-refractivity contribution in [2.45, 2.75) is 31.3 Å². The standard InChI is InChI=1S/C10H14N2/c1-10-8(5-3-7-12-10)4-2-6-9(10)11/h3-5,7,9H,2,6,11H2,1H3. The van der Waals surface area contributed by atoms with E-state index in [1.807, 2.05) is 12.3 Å². The molecule has 0 bridgehead atoms. The van der Waals surface area contributed by atoms with Crippen LogP contribution in [0.4, 0.5) is 0 Å². The number of hydrogen-bond acceptors (Lipinski definition) is 2. The molecule has 0 saturated carbocycles. The predicted octanol–water partition coefficient (Wildman–Crippen LogP) is 1.43. The fourth-order valence-corrected chi connectivity index (χ4v) is 1.87. The minimum Gasteiger partial charge on any atom is -0.325 e. The van der Waals surface area contributed by atoms with E-state index in [-0.39, 0.29) is 11.6 Å². The highest BCUT2D eigenvalue weighted by Crippen LogP contribution is 2.33. The maximum Gasteiger partial charge on any atom is 0.0975 e. The number of dihydropyridines is 1. The molecule has 2 unspecified atom stereocenters. The van der Waals surface area contributed by atoms with E-state index in [0.717, 1.165) is 12.8 Å². The van der Waals surface area contributed by atoms with Crippen molar-refractivity contribution in [1.82, 2.24) is 0 Å². The van der Waals surface area contributed by atoms with Crippen LogP contribution in [0.25, 0.3) is 0 Å². The van der Waals surface area contributed by atoms with E-state index in [1.165, 1.54) is 5.57 Å². The lowest BCUT2D eigenvalue weighted by molar-refractivity contribution is 0.403. The van der Waals surface area contributed by atoms with Gasteiger partial charge < -0.3 is 5.73 Å². The molecule has 2 N–H and O–H groups in total. The van der Waals surface area contributed by atoms with Crippen LogP contribution in [0, 0.1) is 0 Å². The lowest BCUT2D eigenvalue weighted by Crippen LogP contribution is -2.47. The smallest absolute Gasteiger partial charge is 0.0975 e. The molecule has 2 rings (SSSR count). The van der Waals surface area contributed by atoms with Gasteiger partial charge in [-0.25, -0.2) is 0 Å². The highest BCUT2D eigenvalue weighted by molar-refractivity contribution is 5.75. The second kappa shape index (κ2) is 2.56. The zero-order valence-corrected chi connectivity index (χ0v) is 7.33. The Balaban J connectivity index is 2.43. The van der Waals surface area contributed by atoms with Crippen LogP contribution in [-0.4, -0.2) is 17.8 Å². The molecular weight excluding hydrogens is 148 g/mol. The Morgan fingerprint density at radius 3 is 3.25 bits per heavy atom. The lowest BCUT2D eigenvalue weighted by Gasteiger charge is -2.37. The molecule has 12 heavy (non-hydrogen) atoms. The zero-order chi connectivity index (χ0) is 8.60. The molecule has 0 fully saturated rings. The third-order valence-corrected chi connectivity index (χ3v) is 2.85. The minimum absolute atomic E-state index is 0.146. The van der Waals surface area contributed by atoms with Gasteiger partial charge in [0.25, 0.3) is 0 Å². The van der Waals surface area contributed by atoms with E-state index < -0.39 is 0 Å². The molecule has 0 saturated heterocycles. The van der Waals surface area contributed by atoms with Gasteiger partial charge in [0.15, 0.2) is 0 Å².